The summed E-state index contributed by atoms with van der Waals surface area (Å²) in [7, 11) is 0. The molecule has 0 bridgehead atoms. The van der Waals surface area contributed by atoms with Gasteiger partial charge in [0.25, 0.3) is 0 Å². The Morgan fingerprint density at radius 1 is 0.867 bits per heavy atom. The summed E-state index contributed by atoms with van der Waals surface area (Å²) in [4.78, 5) is 0. The summed E-state index contributed by atoms with van der Waals surface area (Å²) in [6.45, 7) is 9.85. The summed E-state index contributed by atoms with van der Waals surface area (Å²) in [5.41, 5.74) is 0. The van der Waals surface area contributed by atoms with Gasteiger partial charge in [0.05, 0.1) is 0 Å². The maximum absolute atomic E-state index is 2.50. The average molecular weight is 208 g/mol. The van der Waals surface area contributed by atoms with Gasteiger partial charge in [-0.25, -0.2) is 0 Å². The topological polar surface area (TPSA) is 0 Å². The van der Waals surface area contributed by atoms with Gasteiger partial charge in [-0.05, 0) is 54.8 Å². The van der Waals surface area contributed by atoms with Crippen molar-refractivity contribution in [3.05, 3.63) is 0 Å². The maximum Gasteiger partial charge on any atom is -0.0350 e. The van der Waals surface area contributed by atoms with Gasteiger partial charge in [-0.3, -0.25) is 0 Å². The normalized spacial score (nSPS) is 46.6. The Labute approximate surface area is 95.8 Å². The van der Waals surface area contributed by atoms with E-state index in [0.29, 0.717) is 0 Å². The Bertz CT molecular complexity index is 202. The fourth-order valence-corrected chi connectivity index (χ4v) is 4.36. The summed E-state index contributed by atoms with van der Waals surface area (Å²) in [6.07, 6.45) is 7.55. The molecule has 2 rings (SSSR count). The van der Waals surface area contributed by atoms with Crippen LogP contribution in [0, 0.1) is 35.5 Å². The molecular formula is C15H28. The Balaban J connectivity index is 2.10. The zero-order valence-corrected chi connectivity index (χ0v) is 11.0. The van der Waals surface area contributed by atoms with Crippen LogP contribution in [0.2, 0.25) is 0 Å². The molecule has 88 valence electrons. The minimum atomic E-state index is 0.912. The number of hydrogen-bond donors (Lipinski definition) is 0. The van der Waals surface area contributed by atoms with E-state index in [1.807, 2.05) is 0 Å². The van der Waals surface area contributed by atoms with Gasteiger partial charge in [-0.2, -0.15) is 0 Å². The van der Waals surface area contributed by atoms with E-state index in [0.717, 1.165) is 35.5 Å². The number of hydrogen-bond acceptors (Lipinski definition) is 0. The average Bonchev–Trinajstić information content (AvgIpc) is 2.17. The largest absolute Gasteiger partial charge is 0.0625 e. The number of fused-ring (bicyclic) bond motifs is 1. The van der Waals surface area contributed by atoms with Crippen molar-refractivity contribution in [2.45, 2.75) is 59.8 Å². The molecule has 0 nitrogen and oxygen atoms in total. The lowest BCUT2D eigenvalue weighted by atomic mass is 9.57. The van der Waals surface area contributed by atoms with Crippen molar-refractivity contribution < 1.29 is 0 Å². The summed E-state index contributed by atoms with van der Waals surface area (Å²) in [6, 6.07) is 0. The Hall–Kier alpha value is 0. The van der Waals surface area contributed by atoms with E-state index in [2.05, 4.69) is 27.7 Å². The third-order valence-corrected chi connectivity index (χ3v) is 5.31. The van der Waals surface area contributed by atoms with Crippen molar-refractivity contribution in [3.8, 4) is 0 Å². The van der Waals surface area contributed by atoms with Gasteiger partial charge in [0.2, 0.25) is 0 Å². The van der Waals surface area contributed by atoms with Crippen LogP contribution in [0.15, 0.2) is 0 Å². The van der Waals surface area contributed by atoms with E-state index in [1.165, 1.54) is 32.1 Å². The van der Waals surface area contributed by atoms with Gasteiger partial charge >= 0.3 is 0 Å². The monoisotopic (exact) mass is 208 g/mol. The minimum Gasteiger partial charge on any atom is -0.0625 e. The Morgan fingerprint density at radius 3 is 2.27 bits per heavy atom. The predicted molar refractivity (Wildman–Crippen MR) is 66.7 cm³/mol. The van der Waals surface area contributed by atoms with Crippen LogP contribution >= 0.6 is 0 Å². The van der Waals surface area contributed by atoms with Gasteiger partial charge in [-0.15, -0.1) is 0 Å². The van der Waals surface area contributed by atoms with Gasteiger partial charge in [-0.1, -0.05) is 40.5 Å². The first-order valence-corrected chi connectivity index (χ1v) is 7.09. The lowest BCUT2D eigenvalue weighted by Crippen LogP contribution is -2.39. The first kappa shape index (κ1) is 11.5. The second kappa shape index (κ2) is 4.47. The quantitative estimate of drug-likeness (QED) is 0.584. The smallest absolute Gasteiger partial charge is 0.0350 e. The molecule has 0 saturated heterocycles. The molecule has 0 heteroatoms. The molecule has 0 radical (unpaired) electrons. The van der Waals surface area contributed by atoms with E-state index in [9.17, 15) is 0 Å². The molecule has 0 aliphatic heterocycles. The van der Waals surface area contributed by atoms with Crippen LogP contribution in [-0.4, -0.2) is 0 Å². The van der Waals surface area contributed by atoms with Gasteiger partial charge in [0, 0.05) is 0 Å². The van der Waals surface area contributed by atoms with E-state index < -0.39 is 0 Å². The standard InChI is InChI=1S/C15H28/c1-10(2)13-8-6-12(4)14-7-5-11(3)9-15(13)14/h10-15H,5-9H2,1-4H3/t11?,12-,13-,14?,15?/m0/s1. The van der Waals surface area contributed by atoms with Gasteiger partial charge in [0.15, 0.2) is 0 Å². The summed E-state index contributed by atoms with van der Waals surface area (Å²) in [5.74, 6) is 6.10. The highest BCUT2D eigenvalue weighted by Gasteiger charge is 2.41. The number of rotatable bonds is 1. The lowest BCUT2D eigenvalue weighted by molar-refractivity contribution is 0.0182. The Kier molecular flexibility index (Phi) is 3.42. The molecule has 2 saturated carbocycles. The molecule has 0 heterocycles. The molecule has 0 aromatic carbocycles. The molecule has 5 atom stereocenters. The lowest BCUT2D eigenvalue weighted by Gasteiger charge is -2.48. The van der Waals surface area contributed by atoms with Crippen molar-refractivity contribution >= 4 is 0 Å². The van der Waals surface area contributed by atoms with Gasteiger partial charge in [0.1, 0.15) is 0 Å². The van der Waals surface area contributed by atoms with Crippen molar-refractivity contribution in [1.82, 2.24) is 0 Å². The van der Waals surface area contributed by atoms with E-state index in [-0.39, 0.29) is 0 Å². The van der Waals surface area contributed by atoms with Crippen LogP contribution in [-0.2, 0) is 0 Å². The fraction of sp³-hybridized carbons (Fsp3) is 1.00. The van der Waals surface area contributed by atoms with Crippen LogP contribution < -0.4 is 0 Å². The second-order valence-electron chi connectivity index (χ2n) is 6.71. The molecule has 0 N–H and O–H groups in total. The predicted octanol–water partition coefficient (Wildman–Crippen LogP) is 4.74. The molecule has 0 aromatic heterocycles. The van der Waals surface area contributed by atoms with E-state index in [1.54, 1.807) is 0 Å². The first-order valence-electron chi connectivity index (χ1n) is 7.09. The van der Waals surface area contributed by atoms with Crippen molar-refractivity contribution in [2.75, 3.05) is 0 Å². The van der Waals surface area contributed by atoms with Crippen LogP contribution in [0.5, 0.6) is 0 Å². The van der Waals surface area contributed by atoms with Gasteiger partial charge < -0.3 is 0 Å². The summed E-state index contributed by atoms with van der Waals surface area (Å²) in [5, 5.41) is 0. The van der Waals surface area contributed by atoms with Crippen LogP contribution in [0.4, 0.5) is 0 Å². The molecule has 15 heavy (non-hydrogen) atoms. The zero-order chi connectivity index (χ0) is 11.0. The molecule has 3 unspecified atom stereocenters. The minimum absolute atomic E-state index is 0.912. The molecule has 2 fully saturated rings. The fourth-order valence-electron chi connectivity index (χ4n) is 4.36. The summed E-state index contributed by atoms with van der Waals surface area (Å²) >= 11 is 0. The molecule has 0 spiro atoms. The highest BCUT2D eigenvalue weighted by atomic mass is 14.5. The van der Waals surface area contributed by atoms with Crippen LogP contribution in [0.1, 0.15) is 59.8 Å². The molecule has 0 amide bonds. The van der Waals surface area contributed by atoms with Crippen LogP contribution in [0.3, 0.4) is 0 Å². The zero-order valence-electron chi connectivity index (χ0n) is 11.0. The van der Waals surface area contributed by atoms with E-state index >= 15 is 0 Å². The van der Waals surface area contributed by atoms with Crippen molar-refractivity contribution in [1.29, 1.82) is 0 Å². The molecule has 2 aliphatic rings. The molecule has 0 aromatic rings. The van der Waals surface area contributed by atoms with Crippen molar-refractivity contribution in [3.63, 3.8) is 0 Å². The molecule has 2 aliphatic carbocycles. The third-order valence-electron chi connectivity index (χ3n) is 5.31. The summed E-state index contributed by atoms with van der Waals surface area (Å²) < 4.78 is 0. The van der Waals surface area contributed by atoms with E-state index in [4.69, 9.17) is 0 Å². The third kappa shape index (κ3) is 2.24. The molecular weight excluding hydrogens is 180 g/mol. The maximum atomic E-state index is 2.50. The highest BCUT2D eigenvalue weighted by Crippen LogP contribution is 2.50. The Morgan fingerprint density at radius 2 is 1.60 bits per heavy atom. The van der Waals surface area contributed by atoms with Crippen molar-refractivity contribution in [2.24, 2.45) is 35.5 Å². The highest BCUT2D eigenvalue weighted by molar-refractivity contribution is 4.90. The first-order chi connectivity index (χ1) is 7.09. The second-order valence-corrected chi connectivity index (χ2v) is 6.71. The SMILES string of the molecule is CC1CCC2C(C1)[C@H](C(C)C)CC[C@@H]2C. The van der Waals surface area contributed by atoms with Crippen LogP contribution in [0.25, 0.3) is 0 Å².